The van der Waals surface area contributed by atoms with E-state index in [1.54, 1.807) is 11.3 Å². The Morgan fingerprint density at radius 3 is 2.58 bits per heavy atom. The largest absolute Gasteiger partial charge is 0.367 e. The van der Waals surface area contributed by atoms with Gasteiger partial charge in [0.15, 0.2) is 0 Å². The highest BCUT2D eigenvalue weighted by Gasteiger charge is 2.20. The lowest BCUT2D eigenvalue weighted by Gasteiger charge is -2.05. The Morgan fingerprint density at radius 1 is 1.11 bits per heavy atom. The van der Waals surface area contributed by atoms with Gasteiger partial charge in [0, 0.05) is 0 Å². The standard InChI is InChI=1S/C15H14N2OS/c1-9-5-3-4-6-11(9)12-13(17-18-15(12)16)14-10(2)7-8-19-14/h3-8H,16H2,1-2H3. The van der Waals surface area contributed by atoms with Crippen LogP contribution in [0.15, 0.2) is 40.2 Å². The van der Waals surface area contributed by atoms with Gasteiger partial charge in [-0.15, -0.1) is 11.3 Å². The van der Waals surface area contributed by atoms with Crippen molar-refractivity contribution in [3.8, 4) is 21.7 Å². The van der Waals surface area contributed by atoms with Gasteiger partial charge < -0.3 is 10.3 Å². The maximum atomic E-state index is 5.97. The predicted octanol–water partition coefficient (Wildman–Crippen LogP) is 4.27. The van der Waals surface area contributed by atoms with E-state index in [2.05, 4.69) is 36.5 Å². The number of aromatic nitrogens is 1. The minimum Gasteiger partial charge on any atom is -0.367 e. The van der Waals surface area contributed by atoms with Gasteiger partial charge in [-0.05, 0) is 42.0 Å². The Morgan fingerprint density at radius 2 is 1.89 bits per heavy atom. The molecule has 0 saturated carbocycles. The van der Waals surface area contributed by atoms with Crippen LogP contribution in [-0.2, 0) is 0 Å². The van der Waals surface area contributed by atoms with Crippen molar-refractivity contribution < 1.29 is 4.52 Å². The lowest BCUT2D eigenvalue weighted by molar-refractivity contribution is 0.439. The van der Waals surface area contributed by atoms with Crippen molar-refractivity contribution in [3.05, 3.63) is 46.8 Å². The first kappa shape index (κ1) is 12.0. The molecule has 0 fully saturated rings. The van der Waals surface area contributed by atoms with E-state index in [0.29, 0.717) is 5.88 Å². The van der Waals surface area contributed by atoms with Gasteiger partial charge in [-0.3, -0.25) is 0 Å². The topological polar surface area (TPSA) is 52.0 Å². The number of rotatable bonds is 2. The number of hydrogen-bond donors (Lipinski definition) is 1. The Hall–Kier alpha value is -2.07. The van der Waals surface area contributed by atoms with Crippen molar-refractivity contribution in [1.82, 2.24) is 5.16 Å². The fourth-order valence-electron chi connectivity index (χ4n) is 2.19. The van der Waals surface area contributed by atoms with E-state index in [1.165, 1.54) is 5.56 Å². The number of anilines is 1. The molecule has 0 saturated heterocycles. The Bertz CT molecular complexity index is 727. The van der Waals surface area contributed by atoms with E-state index in [1.807, 2.05) is 18.2 Å². The lowest BCUT2D eigenvalue weighted by atomic mass is 9.99. The molecule has 0 atom stereocenters. The average Bonchev–Trinajstić information content (AvgIpc) is 2.96. The van der Waals surface area contributed by atoms with E-state index in [4.69, 9.17) is 10.3 Å². The van der Waals surface area contributed by atoms with Crippen molar-refractivity contribution in [1.29, 1.82) is 0 Å². The zero-order valence-electron chi connectivity index (χ0n) is 10.8. The average molecular weight is 270 g/mol. The molecule has 0 bridgehead atoms. The zero-order chi connectivity index (χ0) is 13.4. The highest BCUT2D eigenvalue weighted by Crippen LogP contribution is 2.40. The van der Waals surface area contributed by atoms with Crippen LogP contribution in [0.2, 0.25) is 0 Å². The van der Waals surface area contributed by atoms with Crippen LogP contribution in [0.5, 0.6) is 0 Å². The molecular weight excluding hydrogens is 256 g/mol. The molecule has 2 aromatic heterocycles. The molecule has 3 rings (SSSR count). The summed E-state index contributed by atoms with van der Waals surface area (Å²) >= 11 is 1.65. The molecule has 0 radical (unpaired) electrons. The molecule has 0 unspecified atom stereocenters. The van der Waals surface area contributed by atoms with Crippen molar-refractivity contribution >= 4 is 17.2 Å². The van der Waals surface area contributed by atoms with Crippen LogP contribution in [0.4, 0.5) is 5.88 Å². The molecular formula is C15H14N2OS. The maximum Gasteiger partial charge on any atom is 0.230 e. The minimum absolute atomic E-state index is 0.372. The Labute approximate surface area is 115 Å². The molecule has 2 heterocycles. The number of benzene rings is 1. The van der Waals surface area contributed by atoms with E-state index in [-0.39, 0.29) is 0 Å². The lowest BCUT2D eigenvalue weighted by Crippen LogP contribution is -1.89. The van der Waals surface area contributed by atoms with Crippen LogP contribution < -0.4 is 5.73 Å². The van der Waals surface area contributed by atoms with Gasteiger partial charge in [0.25, 0.3) is 0 Å². The third-order valence-corrected chi connectivity index (χ3v) is 4.23. The van der Waals surface area contributed by atoms with Crippen LogP contribution in [0, 0.1) is 13.8 Å². The first-order valence-corrected chi connectivity index (χ1v) is 6.92. The van der Waals surface area contributed by atoms with Crippen LogP contribution in [0.3, 0.4) is 0 Å². The van der Waals surface area contributed by atoms with E-state index < -0.39 is 0 Å². The number of aryl methyl sites for hydroxylation is 2. The number of hydrogen-bond acceptors (Lipinski definition) is 4. The summed E-state index contributed by atoms with van der Waals surface area (Å²) in [7, 11) is 0. The Balaban J connectivity index is 2.26. The summed E-state index contributed by atoms with van der Waals surface area (Å²) in [4.78, 5) is 1.11. The quantitative estimate of drug-likeness (QED) is 0.756. The normalized spacial score (nSPS) is 10.8. The first-order valence-electron chi connectivity index (χ1n) is 6.04. The second kappa shape index (κ2) is 4.55. The smallest absolute Gasteiger partial charge is 0.230 e. The summed E-state index contributed by atoms with van der Waals surface area (Å²) in [5.41, 5.74) is 11.1. The molecule has 3 nitrogen and oxygen atoms in total. The monoisotopic (exact) mass is 270 g/mol. The summed E-state index contributed by atoms with van der Waals surface area (Å²) in [6, 6.07) is 10.2. The van der Waals surface area contributed by atoms with Gasteiger partial charge in [-0.25, -0.2) is 0 Å². The summed E-state index contributed by atoms with van der Waals surface area (Å²) in [5.74, 6) is 0.372. The predicted molar refractivity (Wildman–Crippen MR) is 79.1 cm³/mol. The fourth-order valence-corrected chi connectivity index (χ4v) is 3.10. The fraction of sp³-hybridized carbons (Fsp3) is 0.133. The second-order valence-corrected chi connectivity index (χ2v) is 5.43. The summed E-state index contributed by atoms with van der Waals surface area (Å²) in [5, 5.41) is 6.20. The molecule has 0 aliphatic carbocycles. The molecule has 4 heteroatoms. The van der Waals surface area contributed by atoms with Gasteiger partial charge in [0.1, 0.15) is 5.69 Å². The summed E-state index contributed by atoms with van der Waals surface area (Å²) < 4.78 is 5.22. The number of thiophene rings is 1. The van der Waals surface area contributed by atoms with Crippen molar-refractivity contribution in [3.63, 3.8) is 0 Å². The molecule has 0 aliphatic rings. The van der Waals surface area contributed by atoms with Crippen LogP contribution >= 0.6 is 11.3 Å². The van der Waals surface area contributed by atoms with Gasteiger partial charge >= 0.3 is 0 Å². The van der Waals surface area contributed by atoms with E-state index >= 15 is 0 Å². The molecule has 96 valence electrons. The first-order chi connectivity index (χ1) is 9.18. The van der Waals surface area contributed by atoms with Gasteiger partial charge in [0.2, 0.25) is 5.88 Å². The molecule has 2 N–H and O–H groups in total. The van der Waals surface area contributed by atoms with Crippen molar-refractivity contribution in [2.75, 3.05) is 5.73 Å². The molecule has 0 aliphatic heterocycles. The molecule has 0 amide bonds. The van der Waals surface area contributed by atoms with Crippen LogP contribution in [-0.4, -0.2) is 5.16 Å². The maximum absolute atomic E-state index is 5.97. The third-order valence-electron chi connectivity index (χ3n) is 3.21. The van der Waals surface area contributed by atoms with E-state index in [0.717, 1.165) is 27.3 Å². The van der Waals surface area contributed by atoms with Gasteiger partial charge in [-0.1, -0.05) is 29.4 Å². The highest BCUT2D eigenvalue weighted by molar-refractivity contribution is 7.13. The molecule has 19 heavy (non-hydrogen) atoms. The highest BCUT2D eigenvalue weighted by atomic mass is 32.1. The molecule has 0 spiro atoms. The summed E-state index contributed by atoms with van der Waals surface area (Å²) in [6.45, 7) is 4.13. The minimum atomic E-state index is 0.372. The number of nitrogen functional groups attached to an aromatic ring is 1. The van der Waals surface area contributed by atoms with Gasteiger partial charge in [0.05, 0.1) is 10.4 Å². The van der Waals surface area contributed by atoms with Crippen LogP contribution in [0.25, 0.3) is 21.7 Å². The summed E-state index contributed by atoms with van der Waals surface area (Å²) in [6.07, 6.45) is 0. The van der Waals surface area contributed by atoms with Crippen molar-refractivity contribution in [2.24, 2.45) is 0 Å². The number of nitrogens with zero attached hydrogens (tertiary/aromatic N) is 1. The SMILES string of the molecule is Cc1ccccc1-c1c(-c2sccc2C)noc1N. The van der Waals surface area contributed by atoms with Crippen LogP contribution in [0.1, 0.15) is 11.1 Å². The zero-order valence-corrected chi connectivity index (χ0v) is 11.6. The number of nitrogens with two attached hydrogens (primary N) is 1. The second-order valence-electron chi connectivity index (χ2n) is 4.52. The molecule has 3 aromatic rings. The van der Waals surface area contributed by atoms with Gasteiger partial charge in [-0.2, -0.15) is 0 Å². The Kier molecular flexibility index (Phi) is 2.87. The van der Waals surface area contributed by atoms with Crippen molar-refractivity contribution in [2.45, 2.75) is 13.8 Å². The molecule has 1 aromatic carbocycles. The third kappa shape index (κ3) is 1.94. The van der Waals surface area contributed by atoms with E-state index in [9.17, 15) is 0 Å².